The molecule has 0 radical (unpaired) electrons. The molecule has 8 nitrogen and oxygen atoms in total. The van der Waals surface area contributed by atoms with Crippen LogP contribution in [0.25, 0.3) is 0 Å². The lowest BCUT2D eigenvalue weighted by Crippen LogP contribution is -2.55. The number of hydrogen-bond acceptors (Lipinski definition) is 6. The average Bonchev–Trinajstić information content (AvgIpc) is 3.06. The molecule has 33 heavy (non-hydrogen) atoms. The van der Waals surface area contributed by atoms with Gasteiger partial charge in [-0.05, 0) is 25.0 Å². The van der Waals surface area contributed by atoms with Gasteiger partial charge in [-0.1, -0.05) is 48.6 Å². The molecule has 4 heterocycles. The fourth-order valence-electron chi connectivity index (χ4n) is 5.83. The summed E-state index contributed by atoms with van der Waals surface area (Å²) in [5.41, 5.74) is -1.36. The first-order valence-corrected chi connectivity index (χ1v) is 11.4. The van der Waals surface area contributed by atoms with E-state index in [9.17, 15) is 19.5 Å². The summed E-state index contributed by atoms with van der Waals surface area (Å²) in [5, 5.41) is 9.42. The van der Waals surface area contributed by atoms with Crippen molar-refractivity contribution in [3.8, 4) is 0 Å². The fourth-order valence-corrected chi connectivity index (χ4v) is 5.83. The molecule has 2 fully saturated rings. The number of nitrogens with zero attached hydrogens (tertiary/aromatic N) is 2. The summed E-state index contributed by atoms with van der Waals surface area (Å²) in [4.78, 5) is 43.9. The maximum absolute atomic E-state index is 14.0. The van der Waals surface area contributed by atoms with Gasteiger partial charge < -0.3 is 24.4 Å². The Morgan fingerprint density at radius 1 is 1.06 bits per heavy atom. The van der Waals surface area contributed by atoms with Gasteiger partial charge in [-0.3, -0.25) is 14.4 Å². The molecule has 5 rings (SSSR count). The first-order chi connectivity index (χ1) is 15.9. The zero-order valence-corrected chi connectivity index (χ0v) is 18.6. The van der Waals surface area contributed by atoms with Crippen molar-refractivity contribution in [1.29, 1.82) is 0 Å². The van der Waals surface area contributed by atoms with Gasteiger partial charge in [0.05, 0.1) is 11.5 Å². The Balaban J connectivity index is 1.58. The van der Waals surface area contributed by atoms with Crippen LogP contribution < -0.4 is 0 Å². The molecule has 2 saturated heterocycles. The SMILES string of the molecule is C[C@@]12C=CCOC(=O)[C@@H]1[C@H]1C(=O)N(CCCO)C3C(=O)N(Cc4ccccc4)CC=C[C@@]31O2. The molecular weight excluding hydrogens is 424 g/mol. The molecule has 0 aromatic heterocycles. The van der Waals surface area contributed by atoms with Crippen molar-refractivity contribution in [3.05, 3.63) is 60.2 Å². The quantitative estimate of drug-likeness (QED) is 0.530. The number of aliphatic hydroxyl groups is 1. The molecule has 4 aliphatic rings. The number of aliphatic hydroxyl groups excluding tert-OH is 1. The van der Waals surface area contributed by atoms with E-state index in [2.05, 4.69) is 0 Å². The number of carbonyl (C=O) groups is 3. The monoisotopic (exact) mass is 452 g/mol. The van der Waals surface area contributed by atoms with Crippen molar-refractivity contribution in [2.75, 3.05) is 26.3 Å². The third-order valence-corrected chi connectivity index (χ3v) is 7.17. The van der Waals surface area contributed by atoms with Crippen molar-refractivity contribution in [1.82, 2.24) is 9.80 Å². The lowest BCUT2D eigenvalue weighted by atomic mass is 9.75. The van der Waals surface area contributed by atoms with E-state index in [0.29, 0.717) is 19.5 Å². The molecule has 1 N–H and O–H groups in total. The van der Waals surface area contributed by atoms with Gasteiger partial charge in [-0.2, -0.15) is 0 Å². The minimum atomic E-state index is -1.28. The van der Waals surface area contributed by atoms with Crippen LogP contribution in [0.5, 0.6) is 0 Å². The molecular formula is C25H28N2O6. The predicted molar refractivity (Wildman–Crippen MR) is 118 cm³/mol. The smallest absolute Gasteiger partial charge is 0.313 e. The van der Waals surface area contributed by atoms with Gasteiger partial charge in [0.25, 0.3) is 0 Å². The van der Waals surface area contributed by atoms with E-state index < -0.39 is 35.0 Å². The highest BCUT2D eigenvalue weighted by atomic mass is 16.6. The third-order valence-electron chi connectivity index (χ3n) is 7.17. The van der Waals surface area contributed by atoms with E-state index in [0.717, 1.165) is 5.56 Å². The van der Waals surface area contributed by atoms with Crippen LogP contribution in [-0.4, -0.2) is 76.2 Å². The van der Waals surface area contributed by atoms with Crippen molar-refractivity contribution in [2.24, 2.45) is 11.8 Å². The first-order valence-electron chi connectivity index (χ1n) is 11.4. The van der Waals surface area contributed by atoms with Crippen LogP contribution in [0.15, 0.2) is 54.6 Å². The van der Waals surface area contributed by atoms with E-state index in [1.807, 2.05) is 42.5 Å². The summed E-state index contributed by atoms with van der Waals surface area (Å²) in [6.45, 7) is 2.76. The van der Waals surface area contributed by atoms with E-state index in [-0.39, 0.29) is 31.6 Å². The normalized spacial score (nSPS) is 35.1. The molecule has 0 bridgehead atoms. The Bertz CT molecular complexity index is 1020. The Labute approximate surface area is 192 Å². The summed E-state index contributed by atoms with van der Waals surface area (Å²) in [7, 11) is 0. The number of benzene rings is 1. The van der Waals surface area contributed by atoms with Crippen LogP contribution in [-0.2, 0) is 30.4 Å². The fraction of sp³-hybridized carbons (Fsp3) is 0.480. The molecule has 1 aromatic carbocycles. The van der Waals surface area contributed by atoms with E-state index in [4.69, 9.17) is 9.47 Å². The molecule has 174 valence electrons. The van der Waals surface area contributed by atoms with Gasteiger partial charge in [-0.25, -0.2) is 0 Å². The second-order valence-electron chi connectivity index (χ2n) is 9.25. The highest BCUT2D eigenvalue weighted by Gasteiger charge is 2.74. The van der Waals surface area contributed by atoms with Crippen LogP contribution >= 0.6 is 0 Å². The Kier molecular flexibility index (Phi) is 5.37. The van der Waals surface area contributed by atoms with Crippen LogP contribution in [0.3, 0.4) is 0 Å². The van der Waals surface area contributed by atoms with E-state index >= 15 is 0 Å². The van der Waals surface area contributed by atoms with Gasteiger partial charge >= 0.3 is 5.97 Å². The largest absolute Gasteiger partial charge is 0.461 e. The number of fused-ring (bicyclic) bond motifs is 2. The van der Waals surface area contributed by atoms with Crippen molar-refractivity contribution >= 4 is 17.8 Å². The van der Waals surface area contributed by atoms with E-state index in [1.165, 1.54) is 4.90 Å². The average molecular weight is 453 g/mol. The summed E-state index contributed by atoms with van der Waals surface area (Å²) in [5.74, 6) is -2.77. The van der Waals surface area contributed by atoms with Crippen LogP contribution in [0.2, 0.25) is 0 Å². The number of esters is 1. The van der Waals surface area contributed by atoms with Gasteiger partial charge in [0.2, 0.25) is 11.8 Å². The number of likely N-dealkylation sites (tertiary alicyclic amines) is 1. The summed E-state index contributed by atoms with van der Waals surface area (Å²) < 4.78 is 12.0. The lowest BCUT2D eigenvalue weighted by Gasteiger charge is -2.37. The minimum absolute atomic E-state index is 0.112. The number of carbonyl (C=O) groups excluding carboxylic acids is 3. The van der Waals surface area contributed by atoms with Gasteiger partial charge in [-0.15, -0.1) is 0 Å². The number of rotatable bonds is 5. The lowest BCUT2D eigenvalue weighted by molar-refractivity contribution is -0.158. The Hall–Kier alpha value is -2.97. The maximum Gasteiger partial charge on any atom is 0.313 e. The Morgan fingerprint density at radius 3 is 2.61 bits per heavy atom. The topological polar surface area (TPSA) is 96.4 Å². The molecule has 8 heteroatoms. The van der Waals surface area contributed by atoms with Gasteiger partial charge in [0.15, 0.2) is 0 Å². The molecule has 2 amide bonds. The van der Waals surface area contributed by atoms with Gasteiger partial charge in [0, 0.05) is 26.2 Å². The van der Waals surface area contributed by atoms with Crippen LogP contribution in [0.4, 0.5) is 0 Å². The molecule has 0 saturated carbocycles. The zero-order valence-electron chi connectivity index (χ0n) is 18.6. The molecule has 1 unspecified atom stereocenters. The van der Waals surface area contributed by atoms with Gasteiger partial charge in [0.1, 0.15) is 24.2 Å². The van der Waals surface area contributed by atoms with Crippen LogP contribution in [0.1, 0.15) is 18.9 Å². The molecule has 0 aliphatic carbocycles. The second-order valence-corrected chi connectivity index (χ2v) is 9.25. The third kappa shape index (κ3) is 3.31. The molecule has 1 spiro atoms. The van der Waals surface area contributed by atoms with Crippen molar-refractivity contribution in [3.63, 3.8) is 0 Å². The number of amides is 2. The summed E-state index contributed by atoms with van der Waals surface area (Å²) in [6.07, 6.45) is 7.50. The molecule has 5 atom stereocenters. The van der Waals surface area contributed by atoms with Crippen molar-refractivity contribution < 1.29 is 29.0 Å². The number of cyclic esters (lactones) is 1. The zero-order chi connectivity index (χ0) is 23.2. The second kappa shape index (κ2) is 8.11. The minimum Gasteiger partial charge on any atom is -0.461 e. The number of hydrogen-bond donors (Lipinski definition) is 1. The summed E-state index contributed by atoms with van der Waals surface area (Å²) >= 11 is 0. The summed E-state index contributed by atoms with van der Waals surface area (Å²) in [6, 6.07) is 8.75. The highest BCUT2D eigenvalue weighted by Crippen LogP contribution is 2.57. The molecule has 4 aliphatic heterocycles. The number of ether oxygens (including phenoxy) is 2. The maximum atomic E-state index is 14.0. The van der Waals surface area contributed by atoms with E-state index in [1.54, 1.807) is 24.0 Å². The van der Waals surface area contributed by atoms with Crippen LogP contribution in [0, 0.1) is 11.8 Å². The Morgan fingerprint density at radius 2 is 1.85 bits per heavy atom. The predicted octanol–water partition coefficient (Wildman–Crippen LogP) is 1.05. The standard InChI is InChI=1S/C25H28N2O6/c1-24-10-6-15-32-23(31)19(24)18-21(29)27(13-7-14-28)20-22(30)26(12-5-11-25(18,20)33-24)16-17-8-3-2-4-9-17/h2-6,8-11,18-20,28H,7,12-16H2,1H3/t18-,19-,20?,24+,25-/m0/s1. The molecule has 1 aromatic rings. The van der Waals surface area contributed by atoms with Crippen molar-refractivity contribution in [2.45, 2.75) is 37.1 Å². The first kappa shape index (κ1) is 21.9. The highest BCUT2D eigenvalue weighted by molar-refractivity contribution is 5.99.